The van der Waals surface area contributed by atoms with Crippen LogP contribution in [0.3, 0.4) is 0 Å². The molecule has 0 fully saturated rings. The molecule has 7 nitrogen and oxygen atoms in total. The number of aryl methyl sites for hydroxylation is 1. The number of nitrogens with one attached hydrogen (secondary N) is 3. The van der Waals surface area contributed by atoms with Crippen LogP contribution in [0.5, 0.6) is 0 Å². The van der Waals surface area contributed by atoms with Crippen LogP contribution in [0.1, 0.15) is 43.9 Å². The average Bonchev–Trinajstić information content (AvgIpc) is 3.14. The van der Waals surface area contributed by atoms with E-state index in [4.69, 9.17) is 5.53 Å². The first kappa shape index (κ1) is 23.0. The molecule has 1 aliphatic heterocycles. The van der Waals surface area contributed by atoms with E-state index >= 15 is 0 Å². The van der Waals surface area contributed by atoms with E-state index in [9.17, 15) is 0 Å². The normalized spacial score (nSPS) is 22.0. The number of aromatic nitrogens is 2. The molecule has 4 rings (SSSR count). The van der Waals surface area contributed by atoms with Gasteiger partial charge in [0, 0.05) is 43.2 Å². The first-order valence-electron chi connectivity index (χ1n) is 11.6. The third kappa shape index (κ3) is 5.09. The first-order chi connectivity index (χ1) is 15.9. The molecule has 3 N–H and O–H groups in total. The maximum Gasteiger partial charge on any atom is 0.0829 e. The second-order valence-electron chi connectivity index (χ2n) is 9.45. The highest BCUT2D eigenvalue weighted by atomic mass is 15.2. The fourth-order valence-corrected chi connectivity index (χ4v) is 4.67. The second kappa shape index (κ2) is 9.75. The Morgan fingerprint density at radius 2 is 2.15 bits per heavy atom. The lowest BCUT2D eigenvalue weighted by Gasteiger charge is -2.28. The van der Waals surface area contributed by atoms with Gasteiger partial charge in [0.1, 0.15) is 0 Å². The van der Waals surface area contributed by atoms with Gasteiger partial charge in [-0.25, -0.2) is 5.53 Å². The predicted molar refractivity (Wildman–Crippen MR) is 133 cm³/mol. The molecular weight excluding hydrogens is 410 g/mol. The molecule has 2 unspecified atom stereocenters. The van der Waals surface area contributed by atoms with Crippen LogP contribution in [0, 0.1) is 11.4 Å². The van der Waals surface area contributed by atoms with Crippen LogP contribution in [0.4, 0.5) is 0 Å². The summed E-state index contributed by atoms with van der Waals surface area (Å²) in [4.78, 5) is 2.22. The summed E-state index contributed by atoms with van der Waals surface area (Å²) in [5.74, 6) is 0.517. The summed E-state index contributed by atoms with van der Waals surface area (Å²) in [6, 6.07) is 6.71. The summed E-state index contributed by atoms with van der Waals surface area (Å²) in [5.41, 5.74) is 16.4. The van der Waals surface area contributed by atoms with Gasteiger partial charge in [-0.2, -0.15) is 10.2 Å². The van der Waals surface area contributed by atoms with Crippen LogP contribution in [-0.2, 0) is 7.05 Å². The molecule has 0 saturated heterocycles. The zero-order valence-electron chi connectivity index (χ0n) is 20.3. The number of fused-ring (bicyclic) bond motifs is 1. The van der Waals surface area contributed by atoms with Crippen LogP contribution in [0.15, 0.2) is 64.8 Å². The zero-order valence-corrected chi connectivity index (χ0v) is 20.3. The molecule has 0 spiro atoms. The van der Waals surface area contributed by atoms with Crippen LogP contribution in [0.2, 0.25) is 0 Å². The molecule has 0 bridgehead atoms. The molecule has 33 heavy (non-hydrogen) atoms. The standard InChI is InChI=1S/C26H35N7/c1-17-6-7-20(15-32(3)4)25(12-17)30-24-10-11-28-26(18(2)31-27)22-9-8-19(13-23(22)24)21-14-29-33(5)16-21/h7-9,12-14,16-17,24,27-28,30H,6,10-11,15H2,1-5H3/b26-18-,31-27?. The van der Waals surface area contributed by atoms with Gasteiger partial charge in [0.05, 0.1) is 23.6 Å². The SMILES string of the molecule is C/C(N=N)=C1/NCCC(NC2=CC(C)CC=C2CN(C)C)c2cc(-c3cnn(C)c3)ccc21. The van der Waals surface area contributed by atoms with Crippen LogP contribution in [0.25, 0.3) is 16.8 Å². The Kier molecular flexibility index (Phi) is 6.79. The van der Waals surface area contributed by atoms with Crippen molar-refractivity contribution in [1.82, 2.24) is 25.3 Å². The third-order valence-corrected chi connectivity index (χ3v) is 6.35. The van der Waals surface area contributed by atoms with Gasteiger partial charge in [0.2, 0.25) is 0 Å². The summed E-state index contributed by atoms with van der Waals surface area (Å²) < 4.78 is 1.83. The van der Waals surface area contributed by atoms with E-state index < -0.39 is 0 Å². The van der Waals surface area contributed by atoms with E-state index in [1.807, 2.05) is 31.0 Å². The number of nitrogens with zero attached hydrogens (tertiary/aromatic N) is 4. The lowest BCUT2D eigenvalue weighted by atomic mass is 9.91. The van der Waals surface area contributed by atoms with E-state index in [0.717, 1.165) is 48.3 Å². The van der Waals surface area contributed by atoms with Gasteiger partial charge in [-0.15, -0.1) is 0 Å². The first-order valence-corrected chi connectivity index (χ1v) is 11.6. The fraction of sp³-hybridized carbons (Fsp3) is 0.423. The van der Waals surface area contributed by atoms with Crippen molar-refractivity contribution in [1.29, 1.82) is 5.53 Å². The van der Waals surface area contributed by atoms with E-state index in [2.05, 4.69) is 77.1 Å². The summed E-state index contributed by atoms with van der Waals surface area (Å²) in [6.07, 6.45) is 10.7. The van der Waals surface area contributed by atoms with Crippen molar-refractivity contribution < 1.29 is 0 Å². The minimum atomic E-state index is 0.141. The smallest absolute Gasteiger partial charge is 0.0829 e. The molecule has 0 radical (unpaired) electrons. The van der Waals surface area contributed by atoms with Gasteiger partial charge in [-0.3, -0.25) is 4.68 Å². The molecule has 174 valence electrons. The second-order valence-corrected chi connectivity index (χ2v) is 9.45. The maximum absolute atomic E-state index is 7.59. The average molecular weight is 446 g/mol. The lowest BCUT2D eigenvalue weighted by Crippen LogP contribution is -2.28. The van der Waals surface area contributed by atoms with E-state index in [-0.39, 0.29) is 6.04 Å². The molecule has 1 aromatic heterocycles. The summed E-state index contributed by atoms with van der Waals surface area (Å²) >= 11 is 0. The van der Waals surface area contributed by atoms with Crippen LogP contribution >= 0.6 is 0 Å². The van der Waals surface area contributed by atoms with Crippen molar-refractivity contribution in [3.05, 3.63) is 70.8 Å². The highest BCUT2D eigenvalue weighted by Crippen LogP contribution is 2.35. The minimum absolute atomic E-state index is 0.141. The predicted octanol–water partition coefficient (Wildman–Crippen LogP) is 4.84. The number of benzene rings is 1. The fourth-order valence-electron chi connectivity index (χ4n) is 4.67. The largest absolute Gasteiger partial charge is 0.383 e. The quantitative estimate of drug-likeness (QED) is 0.556. The molecule has 7 heteroatoms. The number of hydrogen-bond donors (Lipinski definition) is 3. The Balaban J connectivity index is 1.77. The molecule has 0 amide bonds. The molecule has 2 heterocycles. The monoisotopic (exact) mass is 445 g/mol. The van der Waals surface area contributed by atoms with E-state index in [1.165, 1.54) is 16.8 Å². The molecule has 1 aromatic carbocycles. The number of allylic oxidation sites excluding steroid dienone is 3. The molecule has 2 aromatic rings. The van der Waals surface area contributed by atoms with E-state index in [1.54, 1.807) is 0 Å². The van der Waals surface area contributed by atoms with Gasteiger partial charge in [-0.05, 0) is 62.5 Å². The number of likely N-dealkylation sites (N-methyl/N-ethyl adjacent to an activating group) is 1. The van der Waals surface area contributed by atoms with Gasteiger partial charge < -0.3 is 15.5 Å². The molecule has 2 atom stereocenters. The number of hydrogen-bond acceptors (Lipinski definition) is 6. The summed E-state index contributed by atoms with van der Waals surface area (Å²) in [7, 11) is 6.17. The lowest BCUT2D eigenvalue weighted by molar-refractivity contribution is 0.437. The minimum Gasteiger partial charge on any atom is -0.383 e. The summed E-state index contributed by atoms with van der Waals surface area (Å²) in [5, 5.41) is 15.5. The van der Waals surface area contributed by atoms with Gasteiger partial charge in [0.25, 0.3) is 0 Å². The van der Waals surface area contributed by atoms with Crippen LogP contribution < -0.4 is 10.6 Å². The van der Waals surface area contributed by atoms with Crippen molar-refractivity contribution >= 4 is 5.70 Å². The Labute approximate surface area is 196 Å². The topological polar surface area (TPSA) is 81.3 Å². The maximum atomic E-state index is 7.59. The van der Waals surface area contributed by atoms with Crippen LogP contribution in [-0.4, -0.2) is 41.9 Å². The Hall–Kier alpha value is -3.19. The van der Waals surface area contributed by atoms with Gasteiger partial charge >= 0.3 is 0 Å². The zero-order chi connectivity index (χ0) is 23.5. The van der Waals surface area contributed by atoms with Crippen molar-refractivity contribution in [2.75, 3.05) is 27.2 Å². The Morgan fingerprint density at radius 1 is 1.33 bits per heavy atom. The molecule has 1 aliphatic carbocycles. The van der Waals surface area contributed by atoms with Crippen molar-refractivity contribution in [3.8, 4) is 11.1 Å². The van der Waals surface area contributed by atoms with Gasteiger partial charge in [-0.1, -0.05) is 31.2 Å². The van der Waals surface area contributed by atoms with Crippen molar-refractivity contribution in [3.63, 3.8) is 0 Å². The van der Waals surface area contributed by atoms with Crippen molar-refractivity contribution in [2.24, 2.45) is 18.1 Å². The third-order valence-electron chi connectivity index (χ3n) is 6.35. The molecular formula is C26H35N7. The molecule has 0 saturated carbocycles. The highest BCUT2D eigenvalue weighted by molar-refractivity contribution is 5.74. The summed E-state index contributed by atoms with van der Waals surface area (Å²) in [6.45, 7) is 5.90. The molecule has 2 aliphatic rings. The van der Waals surface area contributed by atoms with Gasteiger partial charge in [0.15, 0.2) is 0 Å². The number of rotatable bonds is 6. The Bertz CT molecular complexity index is 1120. The highest BCUT2D eigenvalue weighted by Gasteiger charge is 2.25. The van der Waals surface area contributed by atoms with Crippen molar-refractivity contribution in [2.45, 2.75) is 32.7 Å². The van der Waals surface area contributed by atoms with E-state index in [0.29, 0.717) is 11.6 Å². The Morgan fingerprint density at radius 3 is 2.85 bits per heavy atom.